The summed E-state index contributed by atoms with van der Waals surface area (Å²) in [7, 11) is 0. The molecule has 1 amide bonds. The van der Waals surface area contributed by atoms with Crippen LogP contribution in [0.3, 0.4) is 0 Å². The minimum Gasteiger partial charge on any atom is -0.324 e. The maximum atomic E-state index is 11.7. The number of hydrogen-bond donors (Lipinski definition) is 1. The van der Waals surface area contributed by atoms with Crippen LogP contribution in [0.15, 0.2) is 35.7 Å². The molecule has 0 spiro atoms. The van der Waals surface area contributed by atoms with Crippen LogP contribution in [0.4, 0.5) is 5.69 Å². The van der Waals surface area contributed by atoms with Crippen molar-refractivity contribution in [2.24, 2.45) is 0 Å². The summed E-state index contributed by atoms with van der Waals surface area (Å²) in [6.07, 6.45) is 0.358. The van der Waals surface area contributed by atoms with Crippen LogP contribution in [-0.2, 0) is 11.2 Å². The minimum atomic E-state index is -0.0864. The van der Waals surface area contributed by atoms with Crippen LogP contribution in [0.1, 0.15) is 4.88 Å². The molecule has 0 bridgehead atoms. The molecule has 17 heavy (non-hydrogen) atoms. The Hall–Kier alpha value is -1.03. The highest BCUT2D eigenvalue weighted by molar-refractivity contribution is 7.10. The summed E-state index contributed by atoms with van der Waals surface area (Å²) in [5.41, 5.74) is 0.581. The van der Waals surface area contributed by atoms with Crippen molar-refractivity contribution in [2.45, 2.75) is 6.42 Å². The van der Waals surface area contributed by atoms with Gasteiger partial charge in [-0.25, -0.2) is 0 Å². The third-order valence-electron chi connectivity index (χ3n) is 2.12. The van der Waals surface area contributed by atoms with E-state index in [1.54, 1.807) is 29.5 Å². The van der Waals surface area contributed by atoms with Gasteiger partial charge in [0.2, 0.25) is 5.91 Å². The van der Waals surface area contributed by atoms with Gasteiger partial charge in [-0.15, -0.1) is 11.3 Å². The highest BCUT2D eigenvalue weighted by Gasteiger charge is 2.07. The fourth-order valence-electron chi connectivity index (χ4n) is 1.36. The van der Waals surface area contributed by atoms with Gasteiger partial charge in [0.25, 0.3) is 0 Å². The molecule has 1 heterocycles. The molecular formula is C12H9Cl2NOS. The normalized spacial score (nSPS) is 10.2. The predicted molar refractivity (Wildman–Crippen MR) is 73.1 cm³/mol. The number of amides is 1. The van der Waals surface area contributed by atoms with Crippen molar-refractivity contribution in [1.29, 1.82) is 0 Å². The Bertz CT molecular complexity index is 525. The van der Waals surface area contributed by atoms with E-state index in [2.05, 4.69) is 5.32 Å². The number of rotatable bonds is 3. The van der Waals surface area contributed by atoms with E-state index in [9.17, 15) is 4.79 Å². The average molecular weight is 286 g/mol. The highest BCUT2D eigenvalue weighted by atomic mass is 35.5. The summed E-state index contributed by atoms with van der Waals surface area (Å²) >= 11 is 13.3. The standard InChI is InChI=1S/C12H9Cl2NOS/c13-8-3-4-11(10(14)6-8)15-12(16)7-9-2-1-5-17-9/h1-6H,7H2,(H,15,16). The van der Waals surface area contributed by atoms with Gasteiger partial charge in [-0.05, 0) is 29.6 Å². The fraction of sp³-hybridized carbons (Fsp3) is 0.0833. The lowest BCUT2D eigenvalue weighted by Gasteiger charge is -2.06. The maximum Gasteiger partial charge on any atom is 0.229 e. The lowest BCUT2D eigenvalue weighted by Crippen LogP contribution is -2.13. The van der Waals surface area contributed by atoms with Crippen LogP contribution in [0.2, 0.25) is 10.0 Å². The lowest BCUT2D eigenvalue weighted by atomic mass is 10.3. The van der Waals surface area contributed by atoms with Crippen molar-refractivity contribution < 1.29 is 4.79 Å². The third kappa shape index (κ3) is 3.46. The van der Waals surface area contributed by atoms with Gasteiger partial charge < -0.3 is 5.32 Å². The van der Waals surface area contributed by atoms with E-state index in [1.165, 1.54) is 0 Å². The molecule has 5 heteroatoms. The summed E-state index contributed by atoms with van der Waals surface area (Å²) in [5.74, 6) is -0.0864. The molecule has 0 saturated carbocycles. The molecule has 0 aliphatic heterocycles. The molecule has 0 aliphatic carbocycles. The van der Waals surface area contributed by atoms with Crippen molar-refractivity contribution in [3.05, 3.63) is 50.6 Å². The summed E-state index contributed by atoms with van der Waals surface area (Å²) in [4.78, 5) is 12.7. The van der Waals surface area contributed by atoms with E-state index < -0.39 is 0 Å². The third-order valence-corrected chi connectivity index (χ3v) is 3.54. The first-order valence-electron chi connectivity index (χ1n) is 4.92. The van der Waals surface area contributed by atoms with Crippen LogP contribution in [0, 0.1) is 0 Å². The molecule has 1 N–H and O–H groups in total. The van der Waals surface area contributed by atoms with Gasteiger partial charge in [-0.1, -0.05) is 29.3 Å². The topological polar surface area (TPSA) is 29.1 Å². The quantitative estimate of drug-likeness (QED) is 0.898. The van der Waals surface area contributed by atoms with Crippen molar-refractivity contribution in [3.63, 3.8) is 0 Å². The van der Waals surface area contributed by atoms with Crippen LogP contribution >= 0.6 is 34.5 Å². The lowest BCUT2D eigenvalue weighted by molar-refractivity contribution is -0.115. The number of benzene rings is 1. The second-order valence-electron chi connectivity index (χ2n) is 3.43. The number of hydrogen-bond acceptors (Lipinski definition) is 2. The van der Waals surface area contributed by atoms with E-state index in [4.69, 9.17) is 23.2 Å². The van der Waals surface area contributed by atoms with Crippen molar-refractivity contribution in [1.82, 2.24) is 0 Å². The van der Waals surface area contributed by atoms with Crippen molar-refractivity contribution >= 4 is 46.1 Å². The summed E-state index contributed by atoms with van der Waals surface area (Å²) in [5, 5.41) is 5.68. The van der Waals surface area contributed by atoms with E-state index in [0.717, 1.165) is 4.88 Å². The minimum absolute atomic E-state index is 0.0864. The van der Waals surface area contributed by atoms with Gasteiger partial charge in [-0.2, -0.15) is 0 Å². The number of anilines is 1. The van der Waals surface area contributed by atoms with Gasteiger partial charge >= 0.3 is 0 Å². The second-order valence-corrected chi connectivity index (χ2v) is 5.30. The molecule has 0 saturated heterocycles. The molecular weight excluding hydrogens is 277 g/mol. The Morgan fingerprint density at radius 2 is 2.12 bits per heavy atom. The second kappa shape index (κ2) is 5.54. The first-order valence-corrected chi connectivity index (χ1v) is 6.56. The zero-order chi connectivity index (χ0) is 12.3. The molecule has 0 atom stereocenters. The van der Waals surface area contributed by atoms with Crippen LogP contribution in [0.25, 0.3) is 0 Å². The number of carbonyl (C=O) groups excluding carboxylic acids is 1. The van der Waals surface area contributed by atoms with Gasteiger partial charge in [0, 0.05) is 9.90 Å². The van der Waals surface area contributed by atoms with Gasteiger partial charge in [-0.3, -0.25) is 4.79 Å². The Balaban J connectivity index is 2.03. The fourth-order valence-corrected chi connectivity index (χ4v) is 2.52. The zero-order valence-corrected chi connectivity index (χ0v) is 11.1. The van der Waals surface area contributed by atoms with Crippen LogP contribution in [-0.4, -0.2) is 5.91 Å². The number of nitrogens with one attached hydrogen (secondary N) is 1. The molecule has 88 valence electrons. The Kier molecular flexibility index (Phi) is 4.05. The molecule has 0 aliphatic rings. The summed E-state index contributed by atoms with van der Waals surface area (Å²) < 4.78 is 0. The molecule has 1 aromatic carbocycles. The zero-order valence-electron chi connectivity index (χ0n) is 8.74. The molecule has 0 radical (unpaired) electrons. The Morgan fingerprint density at radius 3 is 2.76 bits per heavy atom. The van der Waals surface area contributed by atoms with Crippen LogP contribution in [0.5, 0.6) is 0 Å². The average Bonchev–Trinajstić information content (AvgIpc) is 2.75. The number of halogens is 2. The van der Waals surface area contributed by atoms with E-state index in [-0.39, 0.29) is 5.91 Å². The Morgan fingerprint density at radius 1 is 1.29 bits per heavy atom. The Labute approximate surface area is 113 Å². The largest absolute Gasteiger partial charge is 0.324 e. The highest BCUT2D eigenvalue weighted by Crippen LogP contribution is 2.25. The van der Waals surface area contributed by atoms with Crippen LogP contribution < -0.4 is 5.32 Å². The van der Waals surface area contributed by atoms with E-state index >= 15 is 0 Å². The van der Waals surface area contributed by atoms with E-state index in [1.807, 2.05) is 17.5 Å². The van der Waals surface area contributed by atoms with E-state index in [0.29, 0.717) is 22.2 Å². The predicted octanol–water partition coefficient (Wildman–Crippen LogP) is 4.24. The van der Waals surface area contributed by atoms with Crippen molar-refractivity contribution in [3.8, 4) is 0 Å². The van der Waals surface area contributed by atoms with Crippen molar-refractivity contribution in [2.75, 3.05) is 5.32 Å². The molecule has 1 aromatic heterocycles. The van der Waals surface area contributed by atoms with Gasteiger partial charge in [0.1, 0.15) is 0 Å². The molecule has 0 unspecified atom stereocenters. The SMILES string of the molecule is O=C(Cc1cccs1)Nc1ccc(Cl)cc1Cl. The molecule has 2 nitrogen and oxygen atoms in total. The summed E-state index contributed by atoms with van der Waals surface area (Å²) in [6.45, 7) is 0. The smallest absolute Gasteiger partial charge is 0.229 e. The first kappa shape index (κ1) is 12.4. The maximum absolute atomic E-state index is 11.7. The first-order chi connectivity index (χ1) is 8.15. The molecule has 0 fully saturated rings. The number of carbonyl (C=O) groups is 1. The number of thiophene rings is 1. The van der Waals surface area contributed by atoms with Gasteiger partial charge in [0.15, 0.2) is 0 Å². The molecule has 2 rings (SSSR count). The molecule has 2 aromatic rings. The summed E-state index contributed by atoms with van der Waals surface area (Å²) in [6, 6.07) is 8.82. The van der Waals surface area contributed by atoms with Gasteiger partial charge in [0.05, 0.1) is 17.1 Å². The monoisotopic (exact) mass is 285 g/mol.